The zero-order valence-electron chi connectivity index (χ0n) is 9.86. The molecule has 0 unspecified atom stereocenters. The second-order valence-electron chi connectivity index (χ2n) is 3.47. The number of hydrogen-bond acceptors (Lipinski definition) is 6. The fraction of sp³-hybridized carbons (Fsp3) is 0.0833. The van der Waals surface area contributed by atoms with Crippen LogP contribution in [0.25, 0.3) is 0 Å². The van der Waals surface area contributed by atoms with Gasteiger partial charge in [0, 0.05) is 0 Å². The van der Waals surface area contributed by atoms with Crippen LogP contribution in [0.15, 0.2) is 30.3 Å². The average Bonchev–Trinajstić information content (AvgIpc) is 2.86. The van der Waals surface area contributed by atoms with E-state index in [-0.39, 0.29) is 11.4 Å². The van der Waals surface area contributed by atoms with Gasteiger partial charge in [-0.1, -0.05) is 11.3 Å². The quantitative estimate of drug-likeness (QED) is 0.477. The number of ether oxygens (including phenoxy) is 2. The molecule has 0 fully saturated rings. The van der Waals surface area contributed by atoms with Crippen LogP contribution in [0.2, 0.25) is 0 Å². The molecule has 0 aliphatic heterocycles. The molecule has 2 aromatic rings. The van der Waals surface area contributed by atoms with E-state index in [1.807, 2.05) is 0 Å². The molecule has 6 nitrogen and oxygen atoms in total. The van der Waals surface area contributed by atoms with Gasteiger partial charge in [-0.3, -0.25) is 14.9 Å². The van der Waals surface area contributed by atoms with Crippen LogP contribution >= 0.6 is 11.3 Å². The molecule has 0 aliphatic rings. The Bertz CT molecular complexity index is 622. The number of hydrogen-bond donors (Lipinski definition) is 0. The van der Waals surface area contributed by atoms with Crippen LogP contribution in [0, 0.1) is 10.1 Å². The number of thiophene rings is 1. The molecule has 0 atom stereocenters. The van der Waals surface area contributed by atoms with Gasteiger partial charge in [-0.05, 0) is 24.3 Å². The summed E-state index contributed by atoms with van der Waals surface area (Å²) in [4.78, 5) is 21.5. The summed E-state index contributed by atoms with van der Waals surface area (Å²) in [6.07, 6.45) is 0.694. The van der Waals surface area contributed by atoms with Gasteiger partial charge in [0.05, 0.1) is 23.0 Å². The highest BCUT2D eigenvalue weighted by molar-refractivity contribution is 7.15. The van der Waals surface area contributed by atoms with Crippen LogP contribution in [-0.4, -0.2) is 18.3 Å². The summed E-state index contributed by atoms with van der Waals surface area (Å²) in [7, 11) is 1.43. The number of nitro groups is 1. The summed E-state index contributed by atoms with van der Waals surface area (Å²) < 4.78 is 10.3. The Labute approximate surface area is 112 Å². The van der Waals surface area contributed by atoms with Crippen LogP contribution in [-0.2, 0) is 0 Å². The highest BCUT2D eigenvalue weighted by Gasteiger charge is 2.17. The van der Waals surface area contributed by atoms with Crippen LogP contribution in [0.1, 0.15) is 9.67 Å². The number of rotatable bonds is 5. The van der Waals surface area contributed by atoms with Gasteiger partial charge in [0.2, 0.25) is 5.75 Å². The second kappa shape index (κ2) is 5.49. The molecule has 19 heavy (non-hydrogen) atoms. The van der Waals surface area contributed by atoms with Crippen molar-refractivity contribution in [3.05, 3.63) is 45.3 Å². The largest absolute Gasteiger partial charge is 0.496 e. The third-order valence-electron chi connectivity index (χ3n) is 2.29. The SMILES string of the molecule is COc1ccc(Oc2ccc(C=O)s2)c([N+](=O)[O-])c1. The Morgan fingerprint density at radius 3 is 2.68 bits per heavy atom. The van der Waals surface area contributed by atoms with Crippen molar-refractivity contribution in [1.82, 2.24) is 0 Å². The van der Waals surface area contributed by atoms with E-state index in [1.54, 1.807) is 18.2 Å². The molecule has 7 heteroatoms. The van der Waals surface area contributed by atoms with Gasteiger partial charge in [0.1, 0.15) is 5.75 Å². The van der Waals surface area contributed by atoms with Crippen molar-refractivity contribution in [3.63, 3.8) is 0 Å². The van der Waals surface area contributed by atoms with E-state index in [0.717, 1.165) is 11.3 Å². The molecule has 0 saturated carbocycles. The molecule has 1 heterocycles. The Morgan fingerprint density at radius 1 is 1.32 bits per heavy atom. The lowest BCUT2D eigenvalue weighted by Crippen LogP contribution is -1.94. The predicted octanol–water partition coefficient (Wildman–Crippen LogP) is 3.27. The van der Waals surface area contributed by atoms with E-state index >= 15 is 0 Å². The van der Waals surface area contributed by atoms with E-state index in [1.165, 1.54) is 19.2 Å². The van der Waals surface area contributed by atoms with Gasteiger partial charge in [0.25, 0.3) is 0 Å². The Morgan fingerprint density at radius 2 is 2.11 bits per heavy atom. The fourth-order valence-corrected chi connectivity index (χ4v) is 2.10. The highest BCUT2D eigenvalue weighted by atomic mass is 32.1. The topological polar surface area (TPSA) is 78.7 Å². The summed E-state index contributed by atoms with van der Waals surface area (Å²) in [6.45, 7) is 0. The van der Waals surface area contributed by atoms with Crippen LogP contribution in [0.3, 0.4) is 0 Å². The number of nitrogens with zero attached hydrogens (tertiary/aromatic N) is 1. The first-order valence-electron chi connectivity index (χ1n) is 5.19. The van der Waals surface area contributed by atoms with E-state index in [4.69, 9.17) is 9.47 Å². The van der Waals surface area contributed by atoms with Crippen molar-refractivity contribution in [1.29, 1.82) is 0 Å². The maximum absolute atomic E-state index is 11.0. The lowest BCUT2D eigenvalue weighted by molar-refractivity contribution is -0.385. The van der Waals surface area contributed by atoms with E-state index in [0.29, 0.717) is 22.0 Å². The normalized spacial score (nSPS) is 9.95. The Hall–Kier alpha value is -2.41. The zero-order valence-corrected chi connectivity index (χ0v) is 10.7. The molecule has 0 amide bonds. The van der Waals surface area contributed by atoms with Crippen LogP contribution in [0.5, 0.6) is 16.6 Å². The molecule has 1 aromatic carbocycles. The third kappa shape index (κ3) is 2.89. The van der Waals surface area contributed by atoms with Crippen molar-refractivity contribution in [3.8, 4) is 16.6 Å². The Kier molecular flexibility index (Phi) is 3.76. The molecule has 98 valence electrons. The molecule has 0 aliphatic carbocycles. The number of benzene rings is 1. The smallest absolute Gasteiger partial charge is 0.315 e. The number of carbonyl (C=O) groups excluding carboxylic acids is 1. The molecule has 0 N–H and O–H groups in total. The van der Waals surface area contributed by atoms with E-state index in [2.05, 4.69) is 0 Å². The number of aldehydes is 1. The first-order chi connectivity index (χ1) is 9.13. The lowest BCUT2D eigenvalue weighted by atomic mass is 10.3. The molecule has 0 saturated heterocycles. The number of nitro benzene ring substituents is 1. The number of carbonyl (C=O) groups is 1. The van der Waals surface area contributed by atoms with Gasteiger partial charge in [0.15, 0.2) is 11.3 Å². The van der Waals surface area contributed by atoms with E-state index < -0.39 is 4.92 Å². The van der Waals surface area contributed by atoms with Gasteiger partial charge < -0.3 is 9.47 Å². The Balaban J connectivity index is 2.33. The van der Waals surface area contributed by atoms with Crippen LogP contribution < -0.4 is 9.47 Å². The maximum Gasteiger partial charge on any atom is 0.315 e. The molecule has 1 aromatic heterocycles. The number of methoxy groups -OCH3 is 1. The van der Waals surface area contributed by atoms with Gasteiger partial charge in [-0.15, -0.1) is 0 Å². The predicted molar refractivity (Wildman–Crippen MR) is 69.4 cm³/mol. The molecule has 2 rings (SSSR count). The summed E-state index contributed by atoms with van der Waals surface area (Å²) in [6, 6.07) is 7.47. The van der Waals surface area contributed by atoms with E-state index in [9.17, 15) is 14.9 Å². The summed E-state index contributed by atoms with van der Waals surface area (Å²) in [5.41, 5.74) is -0.194. The minimum atomic E-state index is -0.550. The van der Waals surface area contributed by atoms with Crippen LogP contribution in [0.4, 0.5) is 5.69 Å². The monoisotopic (exact) mass is 279 g/mol. The van der Waals surface area contributed by atoms with Gasteiger partial charge in [-0.25, -0.2) is 0 Å². The van der Waals surface area contributed by atoms with Crippen molar-refractivity contribution >= 4 is 23.3 Å². The third-order valence-corrected chi connectivity index (χ3v) is 3.18. The summed E-state index contributed by atoms with van der Waals surface area (Å²) in [5.74, 6) is 0.476. The average molecular weight is 279 g/mol. The molecular formula is C12H9NO5S. The highest BCUT2D eigenvalue weighted by Crippen LogP contribution is 2.36. The van der Waals surface area contributed by atoms with Gasteiger partial charge >= 0.3 is 5.69 Å². The zero-order chi connectivity index (χ0) is 13.8. The van der Waals surface area contributed by atoms with Crippen molar-refractivity contribution in [2.75, 3.05) is 7.11 Å². The molecular weight excluding hydrogens is 270 g/mol. The van der Waals surface area contributed by atoms with Crippen molar-refractivity contribution in [2.45, 2.75) is 0 Å². The summed E-state index contributed by atoms with van der Waals surface area (Å²) in [5, 5.41) is 11.4. The minimum Gasteiger partial charge on any atom is -0.496 e. The van der Waals surface area contributed by atoms with Crippen molar-refractivity contribution in [2.24, 2.45) is 0 Å². The first-order valence-corrected chi connectivity index (χ1v) is 6.01. The van der Waals surface area contributed by atoms with Crippen molar-refractivity contribution < 1.29 is 19.2 Å². The second-order valence-corrected chi connectivity index (χ2v) is 4.55. The molecule has 0 spiro atoms. The van der Waals surface area contributed by atoms with Gasteiger partial charge in [-0.2, -0.15) is 0 Å². The first kappa shape index (κ1) is 13.0. The standard InChI is InChI=1S/C12H9NO5S/c1-17-8-2-4-11(10(6-8)13(15)16)18-12-5-3-9(7-14)19-12/h2-7H,1H3. The minimum absolute atomic E-state index is 0.102. The molecule has 0 radical (unpaired) electrons. The summed E-state index contributed by atoms with van der Waals surface area (Å²) >= 11 is 1.11. The fourth-order valence-electron chi connectivity index (χ4n) is 1.41. The molecule has 0 bridgehead atoms. The maximum atomic E-state index is 11.0. The lowest BCUT2D eigenvalue weighted by Gasteiger charge is -2.05.